The Morgan fingerprint density at radius 3 is 2.79 bits per heavy atom. The maximum atomic E-state index is 9.71. The van der Waals surface area contributed by atoms with Crippen molar-refractivity contribution in [3.63, 3.8) is 0 Å². The Kier molecular flexibility index (Phi) is 4.51. The van der Waals surface area contributed by atoms with Gasteiger partial charge in [-0.25, -0.2) is 0 Å². The minimum absolute atomic E-state index is 0.129. The summed E-state index contributed by atoms with van der Waals surface area (Å²) in [5.74, 6) is 0. The zero-order valence-corrected chi connectivity index (χ0v) is 9.86. The zero-order chi connectivity index (χ0) is 10.6. The van der Waals surface area contributed by atoms with Gasteiger partial charge in [0.2, 0.25) is 0 Å². The number of rotatable bonds is 4. The predicted octanol–water partition coefficient (Wildman–Crippen LogP) is 2.30. The minimum Gasteiger partial charge on any atom is -0.386 e. The first-order chi connectivity index (χ1) is 6.59. The molecule has 3 nitrogen and oxygen atoms in total. The van der Waals surface area contributed by atoms with Gasteiger partial charge in [0.05, 0.1) is 12.7 Å². The topological polar surface area (TPSA) is 42.4 Å². The van der Waals surface area contributed by atoms with Crippen LogP contribution in [0.25, 0.3) is 0 Å². The van der Waals surface area contributed by atoms with E-state index in [0.29, 0.717) is 6.61 Å². The van der Waals surface area contributed by atoms with E-state index in [4.69, 9.17) is 4.74 Å². The van der Waals surface area contributed by atoms with Crippen molar-refractivity contribution in [1.82, 2.24) is 4.98 Å². The highest BCUT2D eigenvalue weighted by Gasteiger charge is 2.09. The summed E-state index contributed by atoms with van der Waals surface area (Å²) < 4.78 is 6.16. The maximum Gasteiger partial charge on any atom is 0.104 e. The number of aromatic nitrogens is 1. The lowest BCUT2D eigenvalue weighted by Gasteiger charge is -2.13. The first-order valence-electron chi connectivity index (χ1n) is 4.49. The van der Waals surface area contributed by atoms with E-state index in [0.717, 1.165) is 10.0 Å². The van der Waals surface area contributed by atoms with Crippen molar-refractivity contribution < 1.29 is 9.84 Å². The average Bonchev–Trinajstić information content (AvgIpc) is 2.14. The summed E-state index contributed by atoms with van der Waals surface area (Å²) in [5, 5.41) is 9.71. The largest absolute Gasteiger partial charge is 0.386 e. The number of pyridine rings is 1. The molecular weight excluding hydrogens is 246 g/mol. The summed E-state index contributed by atoms with van der Waals surface area (Å²) in [6.45, 7) is 4.17. The molecule has 0 spiro atoms. The second-order valence-electron chi connectivity index (χ2n) is 3.33. The molecular formula is C10H14BrNO2. The molecule has 78 valence electrons. The normalized spacial score (nSPS) is 13.2. The van der Waals surface area contributed by atoms with Gasteiger partial charge in [0.15, 0.2) is 0 Å². The van der Waals surface area contributed by atoms with E-state index >= 15 is 0 Å². The zero-order valence-electron chi connectivity index (χ0n) is 8.27. The van der Waals surface area contributed by atoms with Crippen molar-refractivity contribution in [1.29, 1.82) is 0 Å². The van der Waals surface area contributed by atoms with Crippen LogP contribution in [0.1, 0.15) is 25.5 Å². The Hall–Kier alpha value is -0.450. The highest BCUT2D eigenvalue weighted by molar-refractivity contribution is 9.10. The summed E-state index contributed by atoms with van der Waals surface area (Å²) in [6, 6.07) is 1.83. The van der Waals surface area contributed by atoms with Gasteiger partial charge in [0.1, 0.15) is 6.10 Å². The lowest BCUT2D eigenvalue weighted by molar-refractivity contribution is 0.00478. The fourth-order valence-electron chi connectivity index (χ4n) is 0.990. The molecule has 0 radical (unpaired) electrons. The quantitative estimate of drug-likeness (QED) is 0.903. The maximum absolute atomic E-state index is 9.71. The van der Waals surface area contributed by atoms with E-state index in [9.17, 15) is 5.11 Å². The molecule has 0 saturated carbocycles. The molecule has 0 saturated heterocycles. The molecule has 4 heteroatoms. The molecule has 1 N–H and O–H groups in total. The third-order valence-corrected chi connectivity index (χ3v) is 2.13. The number of aliphatic hydroxyl groups excluding tert-OH is 1. The summed E-state index contributed by atoms with van der Waals surface area (Å²) in [7, 11) is 0. The van der Waals surface area contributed by atoms with Gasteiger partial charge in [-0.3, -0.25) is 4.98 Å². The molecule has 14 heavy (non-hydrogen) atoms. The van der Waals surface area contributed by atoms with E-state index in [2.05, 4.69) is 20.9 Å². The van der Waals surface area contributed by atoms with Crippen molar-refractivity contribution >= 4 is 15.9 Å². The molecule has 0 aliphatic carbocycles. The van der Waals surface area contributed by atoms with Gasteiger partial charge in [-0.1, -0.05) is 0 Å². The van der Waals surface area contributed by atoms with Crippen molar-refractivity contribution in [3.05, 3.63) is 28.5 Å². The fourth-order valence-corrected chi connectivity index (χ4v) is 1.37. The molecule has 0 aromatic carbocycles. The molecule has 0 bridgehead atoms. The summed E-state index contributed by atoms with van der Waals surface area (Å²) in [4.78, 5) is 3.97. The van der Waals surface area contributed by atoms with Crippen LogP contribution in [0.3, 0.4) is 0 Å². The Morgan fingerprint density at radius 1 is 1.50 bits per heavy atom. The number of nitrogens with zero attached hydrogens (tertiary/aromatic N) is 1. The lowest BCUT2D eigenvalue weighted by Crippen LogP contribution is -2.12. The Balaban J connectivity index is 2.56. The van der Waals surface area contributed by atoms with E-state index in [1.165, 1.54) is 0 Å². The lowest BCUT2D eigenvalue weighted by atomic mass is 10.2. The van der Waals surface area contributed by atoms with E-state index in [1.54, 1.807) is 12.4 Å². The SMILES string of the molecule is CC(C)OCC(O)c1cncc(Br)c1. The van der Waals surface area contributed by atoms with E-state index in [-0.39, 0.29) is 6.10 Å². The van der Waals surface area contributed by atoms with Gasteiger partial charge in [-0.2, -0.15) is 0 Å². The first-order valence-corrected chi connectivity index (χ1v) is 5.29. The Labute approximate surface area is 92.3 Å². The molecule has 1 heterocycles. The number of hydrogen-bond acceptors (Lipinski definition) is 3. The van der Waals surface area contributed by atoms with Crippen LogP contribution in [0, 0.1) is 0 Å². The van der Waals surface area contributed by atoms with Crippen LogP contribution in [0.4, 0.5) is 0 Å². The number of aliphatic hydroxyl groups is 1. The van der Waals surface area contributed by atoms with Gasteiger partial charge in [0, 0.05) is 22.4 Å². The van der Waals surface area contributed by atoms with Crippen LogP contribution in [-0.2, 0) is 4.74 Å². The van der Waals surface area contributed by atoms with Crippen LogP contribution in [0.5, 0.6) is 0 Å². The minimum atomic E-state index is -0.609. The van der Waals surface area contributed by atoms with Crippen LogP contribution >= 0.6 is 15.9 Å². The van der Waals surface area contributed by atoms with Gasteiger partial charge in [-0.15, -0.1) is 0 Å². The van der Waals surface area contributed by atoms with Crippen molar-refractivity contribution in [2.75, 3.05) is 6.61 Å². The third kappa shape index (κ3) is 3.74. The van der Waals surface area contributed by atoms with E-state index in [1.807, 2.05) is 19.9 Å². The Bertz CT molecular complexity index is 291. The molecule has 0 fully saturated rings. The molecule has 0 aliphatic rings. The van der Waals surface area contributed by atoms with Gasteiger partial charge < -0.3 is 9.84 Å². The van der Waals surface area contributed by atoms with Gasteiger partial charge >= 0.3 is 0 Å². The number of hydrogen-bond donors (Lipinski definition) is 1. The van der Waals surface area contributed by atoms with Crippen LogP contribution in [0.15, 0.2) is 22.9 Å². The second-order valence-corrected chi connectivity index (χ2v) is 4.25. The molecule has 1 rings (SSSR count). The first kappa shape index (κ1) is 11.6. The molecule has 1 atom stereocenters. The molecule has 0 aliphatic heterocycles. The standard InChI is InChI=1S/C10H14BrNO2/c1-7(2)14-6-10(13)8-3-9(11)5-12-4-8/h3-5,7,10,13H,6H2,1-2H3. The molecule has 1 aromatic rings. The van der Waals surface area contributed by atoms with Crippen LogP contribution < -0.4 is 0 Å². The van der Waals surface area contributed by atoms with Crippen LogP contribution in [-0.4, -0.2) is 22.8 Å². The second kappa shape index (κ2) is 5.44. The van der Waals surface area contributed by atoms with Crippen molar-refractivity contribution in [3.8, 4) is 0 Å². The summed E-state index contributed by atoms with van der Waals surface area (Å²) in [6.07, 6.45) is 2.84. The third-order valence-electron chi connectivity index (χ3n) is 1.70. The number of ether oxygens (including phenoxy) is 1. The van der Waals surface area contributed by atoms with Crippen molar-refractivity contribution in [2.24, 2.45) is 0 Å². The molecule has 1 aromatic heterocycles. The van der Waals surface area contributed by atoms with Crippen LogP contribution in [0.2, 0.25) is 0 Å². The van der Waals surface area contributed by atoms with Crippen molar-refractivity contribution in [2.45, 2.75) is 26.1 Å². The Morgan fingerprint density at radius 2 is 2.21 bits per heavy atom. The van der Waals surface area contributed by atoms with Gasteiger partial charge in [0.25, 0.3) is 0 Å². The molecule has 1 unspecified atom stereocenters. The summed E-state index contributed by atoms with van der Waals surface area (Å²) in [5.41, 5.74) is 0.764. The average molecular weight is 260 g/mol. The highest BCUT2D eigenvalue weighted by Crippen LogP contribution is 2.17. The molecule has 0 amide bonds. The fraction of sp³-hybridized carbons (Fsp3) is 0.500. The smallest absolute Gasteiger partial charge is 0.104 e. The monoisotopic (exact) mass is 259 g/mol. The predicted molar refractivity (Wildman–Crippen MR) is 58.0 cm³/mol. The number of halogens is 1. The summed E-state index contributed by atoms with van der Waals surface area (Å²) >= 11 is 3.30. The highest BCUT2D eigenvalue weighted by atomic mass is 79.9. The van der Waals surface area contributed by atoms with E-state index < -0.39 is 6.10 Å². The van der Waals surface area contributed by atoms with Gasteiger partial charge in [-0.05, 0) is 35.8 Å².